The van der Waals surface area contributed by atoms with Gasteiger partial charge in [-0.1, -0.05) is 13.0 Å². The Bertz CT molecular complexity index is 440. The Morgan fingerprint density at radius 3 is 2.89 bits per heavy atom. The van der Waals surface area contributed by atoms with E-state index in [0.29, 0.717) is 25.3 Å². The van der Waals surface area contributed by atoms with Gasteiger partial charge in [0.1, 0.15) is 0 Å². The fraction of sp³-hybridized carbons (Fsp3) is 0.571. The maximum Gasteiger partial charge on any atom is 0.190 e. The third-order valence-corrected chi connectivity index (χ3v) is 3.53. The van der Waals surface area contributed by atoms with Crippen LogP contribution in [-0.2, 0) is 11.3 Å². The number of morpholine rings is 1. The zero-order valence-corrected chi connectivity index (χ0v) is 11.3. The van der Waals surface area contributed by atoms with Crippen molar-refractivity contribution in [2.45, 2.75) is 25.9 Å². The molecule has 0 aliphatic carbocycles. The number of nitrogens with zero attached hydrogens (tertiary/aromatic N) is 1. The maximum absolute atomic E-state index is 14.1. The number of ether oxygens (including phenoxy) is 2. The Morgan fingerprint density at radius 2 is 2.21 bits per heavy atom. The minimum absolute atomic E-state index is 0.282. The molecule has 1 saturated heterocycles. The van der Waals surface area contributed by atoms with Crippen molar-refractivity contribution in [2.24, 2.45) is 0 Å². The number of halogens is 2. The van der Waals surface area contributed by atoms with Crippen LogP contribution in [0.25, 0.3) is 0 Å². The summed E-state index contributed by atoms with van der Waals surface area (Å²) in [4.78, 5) is 2.17. The summed E-state index contributed by atoms with van der Waals surface area (Å²) in [5, 5.41) is 0. The maximum atomic E-state index is 14.1. The second-order valence-electron chi connectivity index (χ2n) is 4.66. The molecule has 1 aromatic rings. The van der Waals surface area contributed by atoms with Crippen molar-refractivity contribution in [3.05, 3.63) is 29.3 Å². The van der Waals surface area contributed by atoms with Gasteiger partial charge in [-0.15, -0.1) is 0 Å². The molecule has 1 heterocycles. The number of methoxy groups -OCH3 is 1. The van der Waals surface area contributed by atoms with E-state index in [9.17, 15) is 8.78 Å². The van der Waals surface area contributed by atoms with Crippen molar-refractivity contribution >= 4 is 0 Å². The molecule has 1 aliphatic rings. The Kier molecular flexibility index (Phi) is 4.71. The lowest BCUT2D eigenvalue weighted by atomic mass is 10.1. The summed E-state index contributed by atoms with van der Waals surface area (Å²) in [6.45, 7) is 4.60. The van der Waals surface area contributed by atoms with Crippen molar-refractivity contribution in [3.63, 3.8) is 0 Å². The predicted octanol–water partition coefficient (Wildman–Crippen LogP) is 2.58. The second kappa shape index (κ2) is 6.30. The van der Waals surface area contributed by atoms with Gasteiger partial charge in [-0.3, -0.25) is 4.90 Å². The van der Waals surface area contributed by atoms with Crippen LogP contribution < -0.4 is 4.74 Å². The van der Waals surface area contributed by atoms with E-state index < -0.39 is 11.6 Å². The Labute approximate surface area is 112 Å². The van der Waals surface area contributed by atoms with E-state index in [4.69, 9.17) is 9.47 Å². The van der Waals surface area contributed by atoms with E-state index in [1.807, 2.05) is 0 Å². The number of benzene rings is 1. The molecule has 0 amide bonds. The fourth-order valence-corrected chi connectivity index (χ4v) is 2.37. The molecule has 1 fully saturated rings. The van der Waals surface area contributed by atoms with Crippen molar-refractivity contribution < 1.29 is 18.3 Å². The topological polar surface area (TPSA) is 21.7 Å². The van der Waals surface area contributed by atoms with Crippen LogP contribution in [0.4, 0.5) is 8.78 Å². The lowest BCUT2D eigenvalue weighted by Gasteiger charge is -2.35. The number of hydrogen-bond acceptors (Lipinski definition) is 3. The monoisotopic (exact) mass is 271 g/mol. The first-order valence-corrected chi connectivity index (χ1v) is 6.50. The third kappa shape index (κ3) is 3.04. The summed E-state index contributed by atoms with van der Waals surface area (Å²) in [7, 11) is 1.27. The van der Waals surface area contributed by atoms with Crippen molar-refractivity contribution in [1.29, 1.82) is 0 Å². The van der Waals surface area contributed by atoms with E-state index in [0.717, 1.165) is 13.0 Å². The molecule has 0 bridgehead atoms. The Hall–Kier alpha value is -1.20. The summed E-state index contributed by atoms with van der Waals surface area (Å²) in [6, 6.07) is 3.01. The van der Waals surface area contributed by atoms with Gasteiger partial charge in [0.25, 0.3) is 0 Å². The van der Waals surface area contributed by atoms with E-state index in [1.165, 1.54) is 19.2 Å². The highest BCUT2D eigenvalue weighted by Gasteiger charge is 2.23. The summed E-state index contributed by atoms with van der Waals surface area (Å²) in [6.07, 6.45) is 0.944. The second-order valence-corrected chi connectivity index (χ2v) is 4.66. The van der Waals surface area contributed by atoms with Gasteiger partial charge in [0.15, 0.2) is 17.4 Å². The summed E-state index contributed by atoms with van der Waals surface area (Å²) in [5.74, 6) is -1.58. The first kappa shape index (κ1) is 14.2. The molecule has 5 heteroatoms. The molecule has 106 valence electrons. The molecule has 2 rings (SSSR count). The van der Waals surface area contributed by atoms with Crippen LogP contribution in [0.15, 0.2) is 12.1 Å². The van der Waals surface area contributed by atoms with E-state index >= 15 is 0 Å². The van der Waals surface area contributed by atoms with Gasteiger partial charge in [-0.2, -0.15) is 0 Å². The van der Waals surface area contributed by atoms with Gasteiger partial charge in [0.2, 0.25) is 0 Å². The zero-order valence-electron chi connectivity index (χ0n) is 11.3. The molecule has 0 aromatic heterocycles. The minimum Gasteiger partial charge on any atom is -0.491 e. The van der Waals surface area contributed by atoms with Crippen LogP contribution in [0.2, 0.25) is 0 Å². The SMILES string of the molecule is CC[C@@H]1COCCN1Cc1ccc(F)c(OC)c1F. The molecule has 1 aliphatic heterocycles. The van der Waals surface area contributed by atoms with Gasteiger partial charge in [0, 0.05) is 24.7 Å². The van der Waals surface area contributed by atoms with E-state index in [-0.39, 0.29) is 11.8 Å². The molecule has 0 spiro atoms. The lowest BCUT2D eigenvalue weighted by Crippen LogP contribution is -2.44. The average molecular weight is 271 g/mol. The van der Waals surface area contributed by atoms with Crippen molar-refractivity contribution in [3.8, 4) is 5.75 Å². The fourth-order valence-electron chi connectivity index (χ4n) is 2.37. The molecule has 1 aromatic carbocycles. The molecular formula is C14H19F2NO2. The predicted molar refractivity (Wildman–Crippen MR) is 68.2 cm³/mol. The summed E-state index contributed by atoms with van der Waals surface area (Å²) >= 11 is 0. The van der Waals surface area contributed by atoms with Crippen LogP contribution in [0.1, 0.15) is 18.9 Å². The van der Waals surface area contributed by atoms with E-state index in [1.54, 1.807) is 0 Å². The first-order valence-electron chi connectivity index (χ1n) is 6.50. The van der Waals surface area contributed by atoms with E-state index in [2.05, 4.69) is 11.8 Å². The Balaban J connectivity index is 2.18. The molecule has 0 saturated carbocycles. The third-order valence-electron chi connectivity index (χ3n) is 3.53. The summed E-state index contributed by atoms with van der Waals surface area (Å²) in [5.41, 5.74) is 0.457. The Morgan fingerprint density at radius 1 is 1.42 bits per heavy atom. The van der Waals surface area contributed by atoms with Crippen LogP contribution in [-0.4, -0.2) is 37.8 Å². The van der Waals surface area contributed by atoms with Gasteiger partial charge >= 0.3 is 0 Å². The smallest absolute Gasteiger partial charge is 0.190 e. The van der Waals surface area contributed by atoms with Crippen LogP contribution in [0, 0.1) is 11.6 Å². The largest absolute Gasteiger partial charge is 0.491 e. The van der Waals surface area contributed by atoms with Gasteiger partial charge < -0.3 is 9.47 Å². The highest BCUT2D eigenvalue weighted by molar-refractivity contribution is 5.32. The first-order chi connectivity index (χ1) is 9.17. The molecule has 0 N–H and O–H groups in total. The molecule has 0 unspecified atom stereocenters. The number of rotatable bonds is 4. The van der Waals surface area contributed by atoms with Gasteiger partial charge in [-0.25, -0.2) is 8.78 Å². The highest BCUT2D eigenvalue weighted by atomic mass is 19.1. The summed E-state index contributed by atoms with van der Waals surface area (Å²) < 4.78 is 37.6. The lowest BCUT2D eigenvalue weighted by molar-refractivity contribution is -0.0132. The zero-order chi connectivity index (χ0) is 13.8. The van der Waals surface area contributed by atoms with Crippen LogP contribution in [0.3, 0.4) is 0 Å². The van der Waals surface area contributed by atoms with Crippen LogP contribution >= 0.6 is 0 Å². The van der Waals surface area contributed by atoms with Crippen molar-refractivity contribution in [1.82, 2.24) is 4.90 Å². The van der Waals surface area contributed by atoms with Gasteiger partial charge in [0.05, 0.1) is 20.3 Å². The number of hydrogen-bond donors (Lipinski definition) is 0. The minimum atomic E-state index is -0.669. The standard InChI is InChI=1S/C14H19F2NO2/c1-3-11-9-19-7-6-17(11)8-10-4-5-12(15)14(18-2)13(10)16/h4-5,11H,3,6-9H2,1-2H3/t11-/m1/s1. The molecular weight excluding hydrogens is 252 g/mol. The van der Waals surface area contributed by atoms with Crippen molar-refractivity contribution in [2.75, 3.05) is 26.9 Å². The van der Waals surface area contributed by atoms with Gasteiger partial charge in [-0.05, 0) is 12.5 Å². The van der Waals surface area contributed by atoms with Crippen LogP contribution in [0.5, 0.6) is 5.75 Å². The normalized spacial score (nSPS) is 20.5. The molecule has 0 radical (unpaired) electrons. The molecule has 3 nitrogen and oxygen atoms in total. The molecule has 1 atom stereocenters. The average Bonchev–Trinajstić information content (AvgIpc) is 2.43. The molecule has 19 heavy (non-hydrogen) atoms. The highest BCUT2D eigenvalue weighted by Crippen LogP contribution is 2.26. The quantitative estimate of drug-likeness (QED) is 0.840.